The van der Waals surface area contributed by atoms with Crippen LogP contribution < -0.4 is 5.32 Å². The molecule has 1 saturated carbocycles. The number of nitrogens with one attached hydrogen (secondary N) is 1. The molecule has 0 radical (unpaired) electrons. The molecule has 2 fully saturated rings. The summed E-state index contributed by atoms with van der Waals surface area (Å²) in [5.74, 6) is 0.995. The minimum absolute atomic E-state index is 0.0000629. The van der Waals surface area contributed by atoms with Gasteiger partial charge >= 0.3 is 0 Å². The quantitative estimate of drug-likeness (QED) is 0.729. The molecule has 1 unspecified atom stereocenters. The van der Waals surface area contributed by atoms with Gasteiger partial charge in [0.2, 0.25) is 0 Å². The third kappa shape index (κ3) is 4.56. The lowest BCUT2D eigenvalue weighted by Gasteiger charge is -2.35. The number of hydrogen-bond donors (Lipinski definition) is 1. The Balaban J connectivity index is 1.63. The molecule has 4 heteroatoms. The fraction of sp³-hybridized carbons (Fsp3) is 0.929. The van der Waals surface area contributed by atoms with Gasteiger partial charge in [-0.05, 0) is 31.7 Å². The molecule has 4 nitrogen and oxygen atoms in total. The number of hydrogen-bond acceptors (Lipinski definition) is 4. The molecule has 1 heterocycles. The van der Waals surface area contributed by atoms with Crippen LogP contribution in [0, 0.1) is 17.2 Å². The van der Waals surface area contributed by atoms with Crippen LogP contribution in [0.15, 0.2) is 0 Å². The number of rotatable bonds is 7. The summed E-state index contributed by atoms with van der Waals surface area (Å²) in [6.07, 6.45) is 3.97. The topological polar surface area (TPSA) is 42.3 Å². The molecule has 1 aliphatic carbocycles. The van der Waals surface area contributed by atoms with Crippen molar-refractivity contribution in [3.63, 3.8) is 0 Å². The number of piperazine rings is 1. The van der Waals surface area contributed by atoms with Crippen LogP contribution in [0.1, 0.15) is 26.2 Å². The summed E-state index contributed by atoms with van der Waals surface area (Å²) >= 11 is 0. The predicted molar refractivity (Wildman–Crippen MR) is 73.3 cm³/mol. The van der Waals surface area contributed by atoms with E-state index in [2.05, 4.69) is 28.1 Å². The standard InChI is InChI=1S/C14H26N4/c1-2-5-16-14(10-15)12-18-8-6-17(7-9-18)11-13-3-4-13/h13-14,16H,2-9,11-12H2,1H3. The van der Waals surface area contributed by atoms with E-state index in [1.165, 1.54) is 32.5 Å². The summed E-state index contributed by atoms with van der Waals surface area (Å²) in [5, 5.41) is 12.4. The Kier molecular flexibility index (Phi) is 5.43. The van der Waals surface area contributed by atoms with Gasteiger partial charge < -0.3 is 10.2 Å². The van der Waals surface area contributed by atoms with E-state index in [0.29, 0.717) is 0 Å². The van der Waals surface area contributed by atoms with Crippen LogP contribution >= 0.6 is 0 Å². The monoisotopic (exact) mass is 250 g/mol. The fourth-order valence-electron chi connectivity index (χ4n) is 2.55. The summed E-state index contributed by atoms with van der Waals surface area (Å²) < 4.78 is 0. The van der Waals surface area contributed by atoms with Crippen molar-refractivity contribution in [3.05, 3.63) is 0 Å². The summed E-state index contributed by atoms with van der Waals surface area (Å²) in [6, 6.07) is 2.37. The minimum Gasteiger partial charge on any atom is -0.301 e. The summed E-state index contributed by atoms with van der Waals surface area (Å²) in [4.78, 5) is 5.02. The van der Waals surface area contributed by atoms with Gasteiger partial charge in [0, 0.05) is 39.3 Å². The molecule has 0 amide bonds. The second kappa shape index (κ2) is 7.08. The Bertz CT molecular complexity index is 274. The van der Waals surface area contributed by atoms with Crippen molar-refractivity contribution in [2.45, 2.75) is 32.2 Å². The van der Waals surface area contributed by atoms with Crippen LogP contribution in [-0.2, 0) is 0 Å². The maximum atomic E-state index is 9.11. The van der Waals surface area contributed by atoms with Crippen LogP contribution in [0.2, 0.25) is 0 Å². The second-order valence-electron chi connectivity index (χ2n) is 5.68. The highest BCUT2D eigenvalue weighted by molar-refractivity contribution is 4.93. The first kappa shape index (κ1) is 13.8. The number of nitriles is 1. The van der Waals surface area contributed by atoms with Crippen molar-refractivity contribution >= 4 is 0 Å². The Morgan fingerprint density at radius 3 is 2.44 bits per heavy atom. The molecule has 1 saturated heterocycles. The van der Waals surface area contributed by atoms with Gasteiger partial charge in [-0.2, -0.15) is 5.26 Å². The zero-order chi connectivity index (χ0) is 12.8. The molecular weight excluding hydrogens is 224 g/mol. The van der Waals surface area contributed by atoms with Crippen molar-refractivity contribution in [2.24, 2.45) is 5.92 Å². The first-order valence-electron chi connectivity index (χ1n) is 7.39. The molecule has 0 aromatic heterocycles. The predicted octanol–water partition coefficient (Wildman–Crippen LogP) is 0.906. The van der Waals surface area contributed by atoms with Crippen LogP contribution in [0.5, 0.6) is 0 Å². The SMILES string of the molecule is CCCNC(C#N)CN1CCN(CC2CC2)CC1. The minimum atomic E-state index is -0.0000629. The Morgan fingerprint density at radius 2 is 1.89 bits per heavy atom. The molecule has 18 heavy (non-hydrogen) atoms. The van der Waals surface area contributed by atoms with E-state index in [4.69, 9.17) is 5.26 Å². The lowest BCUT2D eigenvalue weighted by molar-refractivity contribution is 0.124. The maximum absolute atomic E-state index is 9.11. The van der Waals surface area contributed by atoms with E-state index in [0.717, 1.165) is 38.5 Å². The first-order chi connectivity index (χ1) is 8.81. The average molecular weight is 250 g/mol. The number of nitrogens with zero attached hydrogens (tertiary/aromatic N) is 3. The van der Waals surface area contributed by atoms with Crippen molar-refractivity contribution in [1.82, 2.24) is 15.1 Å². The van der Waals surface area contributed by atoms with E-state index in [9.17, 15) is 0 Å². The van der Waals surface area contributed by atoms with E-state index >= 15 is 0 Å². The van der Waals surface area contributed by atoms with Crippen LogP contribution in [0.4, 0.5) is 0 Å². The summed E-state index contributed by atoms with van der Waals surface area (Å²) in [7, 11) is 0. The van der Waals surface area contributed by atoms with Gasteiger partial charge in [-0.1, -0.05) is 6.92 Å². The first-order valence-corrected chi connectivity index (χ1v) is 7.39. The molecule has 2 aliphatic rings. The third-order valence-electron chi connectivity index (χ3n) is 3.92. The van der Waals surface area contributed by atoms with Gasteiger partial charge in [0.1, 0.15) is 6.04 Å². The van der Waals surface area contributed by atoms with Crippen LogP contribution in [0.3, 0.4) is 0 Å². The lowest BCUT2D eigenvalue weighted by atomic mass is 10.2. The lowest BCUT2D eigenvalue weighted by Crippen LogP contribution is -2.50. The van der Waals surface area contributed by atoms with Crippen molar-refractivity contribution in [3.8, 4) is 6.07 Å². The van der Waals surface area contributed by atoms with Gasteiger partial charge in [0.15, 0.2) is 0 Å². The molecule has 102 valence electrons. The van der Waals surface area contributed by atoms with Gasteiger partial charge in [0.25, 0.3) is 0 Å². The summed E-state index contributed by atoms with van der Waals surface area (Å²) in [6.45, 7) is 9.89. The zero-order valence-electron chi connectivity index (χ0n) is 11.6. The van der Waals surface area contributed by atoms with E-state index in [1.54, 1.807) is 0 Å². The molecule has 1 aliphatic heterocycles. The highest BCUT2D eigenvalue weighted by atomic mass is 15.3. The highest BCUT2D eigenvalue weighted by Crippen LogP contribution is 2.29. The third-order valence-corrected chi connectivity index (χ3v) is 3.92. The van der Waals surface area contributed by atoms with Gasteiger partial charge in [-0.25, -0.2) is 0 Å². The van der Waals surface area contributed by atoms with E-state index in [1.807, 2.05) is 0 Å². The van der Waals surface area contributed by atoms with Crippen LogP contribution in [0.25, 0.3) is 0 Å². The smallest absolute Gasteiger partial charge is 0.108 e. The molecule has 0 bridgehead atoms. The maximum Gasteiger partial charge on any atom is 0.108 e. The average Bonchev–Trinajstić information content (AvgIpc) is 3.20. The summed E-state index contributed by atoms with van der Waals surface area (Å²) in [5.41, 5.74) is 0. The van der Waals surface area contributed by atoms with Gasteiger partial charge in [0.05, 0.1) is 6.07 Å². The Hall–Kier alpha value is -0.630. The molecule has 1 N–H and O–H groups in total. The molecule has 0 aromatic rings. The molecule has 2 rings (SSSR count). The van der Waals surface area contributed by atoms with Crippen molar-refractivity contribution in [1.29, 1.82) is 5.26 Å². The molecular formula is C14H26N4. The highest BCUT2D eigenvalue weighted by Gasteiger charge is 2.26. The Morgan fingerprint density at radius 1 is 1.22 bits per heavy atom. The van der Waals surface area contributed by atoms with Gasteiger partial charge in [-0.3, -0.25) is 4.90 Å². The Labute approximate surface area is 111 Å². The zero-order valence-corrected chi connectivity index (χ0v) is 11.6. The van der Waals surface area contributed by atoms with Gasteiger partial charge in [-0.15, -0.1) is 0 Å². The van der Waals surface area contributed by atoms with Crippen LogP contribution in [-0.4, -0.2) is 61.7 Å². The van der Waals surface area contributed by atoms with Crippen molar-refractivity contribution in [2.75, 3.05) is 45.8 Å². The fourth-order valence-corrected chi connectivity index (χ4v) is 2.55. The van der Waals surface area contributed by atoms with Crippen molar-refractivity contribution < 1.29 is 0 Å². The van der Waals surface area contributed by atoms with E-state index in [-0.39, 0.29) is 6.04 Å². The normalized spacial score (nSPS) is 23.8. The largest absolute Gasteiger partial charge is 0.301 e. The second-order valence-corrected chi connectivity index (χ2v) is 5.68. The molecule has 1 atom stereocenters. The molecule has 0 spiro atoms. The van der Waals surface area contributed by atoms with E-state index < -0.39 is 0 Å². The molecule has 0 aromatic carbocycles.